The van der Waals surface area contributed by atoms with E-state index in [9.17, 15) is 4.79 Å². The number of carbonyl (C=O) groups is 1. The van der Waals surface area contributed by atoms with Gasteiger partial charge in [-0.25, -0.2) is 4.79 Å². The maximum absolute atomic E-state index is 11.0. The summed E-state index contributed by atoms with van der Waals surface area (Å²) < 4.78 is 0.612. The number of halogens is 1. The van der Waals surface area contributed by atoms with Crippen molar-refractivity contribution in [3.8, 4) is 0 Å². The third kappa shape index (κ3) is 1.35. The lowest BCUT2D eigenvalue weighted by molar-refractivity contribution is 0.0694. The number of carboxylic acid groups (broad SMARTS) is 1. The van der Waals surface area contributed by atoms with Gasteiger partial charge in [0, 0.05) is 10.5 Å². The van der Waals surface area contributed by atoms with Crippen LogP contribution in [0.3, 0.4) is 0 Å². The summed E-state index contributed by atoms with van der Waals surface area (Å²) in [6.07, 6.45) is 1.72. The smallest absolute Gasteiger partial charge is 0.337 e. The van der Waals surface area contributed by atoms with Gasteiger partial charge in [-0.2, -0.15) is 0 Å². The molecular weight excluding hydrogens is 246 g/mol. The molecule has 3 N–H and O–H groups in total. The molecule has 2 rings (SSSR count). The van der Waals surface area contributed by atoms with Gasteiger partial charge >= 0.3 is 5.97 Å². The zero-order valence-corrected chi connectivity index (χ0v) is 9.04. The Morgan fingerprint density at radius 2 is 2.29 bits per heavy atom. The molecule has 1 aliphatic carbocycles. The maximum Gasteiger partial charge on any atom is 0.337 e. The number of aryl methyl sites for hydroxylation is 1. The lowest BCUT2D eigenvalue weighted by atomic mass is 10.0. The number of benzene rings is 1. The summed E-state index contributed by atoms with van der Waals surface area (Å²) in [5.41, 5.74) is 8.06. The van der Waals surface area contributed by atoms with Crippen LogP contribution in [0.1, 0.15) is 33.9 Å². The molecule has 14 heavy (non-hydrogen) atoms. The van der Waals surface area contributed by atoms with Crippen LogP contribution in [0.15, 0.2) is 16.6 Å². The molecule has 0 aromatic heterocycles. The second kappa shape index (κ2) is 3.37. The van der Waals surface area contributed by atoms with Gasteiger partial charge in [0.05, 0.1) is 5.56 Å². The molecule has 0 radical (unpaired) electrons. The van der Waals surface area contributed by atoms with Crippen molar-refractivity contribution in [3.05, 3.63) is 33.3 Å². The van der Waals surface area contributed by atoms with E-state index in [0.717, 1.165) is 24.0 Å². The van der Waals surface area contributed by atoms with Crippen LogP contribution in [0.4, 0.5) is 0 Å². The molecule has 1 aromatic carbocycles. The molecule has 1 aromatic rings. The van der Waals surface area contributed by atoms with Crippen molar-refractivity contribution in [1.82, 2.24) is 0 Å². The van der Waals surface area contributed by atoms with Crippen LogP contribution in [-0.4, -0.2) is 11.1 Å². The Morgan fingerprint density at radius 3 is 2.93 bits per heavy atom. The molecule has 1 aliphatic rings. The predicted molar refractivity (Wildman–Crippen MR) is 56.4 cm³/mol. The van der Waals surface area contributed by atoms with E-state index in [4.69, 9.17) is 10.8 Å². The second-order valence-corrected chi connectivity index (χ2v) is 4.30. The van der Waals surface area contributed by atoms with Crippen molar-refractivity contribution in [2.45, 2.75) is 18.9 Å². The van der Waals surface area contributed by atoms with E-state index in [2.05, 4.69) is 15.9 Å². The summed E-state index contributed by atoms with van der Waals surface area (Å²) in [4.78, 5) is 11.0. The highest BCUT2D eigenvalue weighted by atomic mass is 79.9. The highest BCUT2D eigenvalue weighted by Crippen LogP contribution is 2.35. The summed E-state index contributed by atoms with van der Waals surface area (Å²) in [5, 5.41) is 9.06. The fourth-order valence-corrected chi connectivity index (χ4v) is 2.47. The third-order valence-corrected chi connectivity index (χ3v) is 3.26. The van der Waals surface area contributed by atoms with Crippen molar-refractivity contribution >= 4 is 21.9 Å². The van der Waals surface area contributed by atoms with Crippen LogP contribution in [0.2, 0.25) is 0 Å². The molecule has 4 heteroatoms. The Labute approximate surface area is 90.0 Å². The maximum atomic E-state index is 11.0. The summed E-state index contributed by atoms with van der Waals surface area (Å²) in [5.74, 6) is -0.911. The van der Waals surface area contributed by atoms with Crippen molar-refractivity contribution < 1.29 is 9.90 Å². The first-order chi connectivity index (χ1) is 6.61. The van der Waals surface area contributed by atoms with E-state index in [1.807, 2.05) is 6.07 Å². The average Bonchev–Trinajstić information content (AvgIpc) is 2.47. The van der Waals surface area contributed by atoms with E-state index in [1.54, 1.807) is 6.07 Å². The van der Waals surface area contributed by atoms with Crippen molar-refractivity contribution in [2.75, 3.05) is 0 Å². The van der Waals surface area contributed by atoms with Crippen LogP contribution < -0.4 is 5.73 Å². The Balaban J connectivity index is 2.68. The Kier molecular flexibility index (Phi) is 2.33. The predicted octanol–water partition coefficient (Wildman–Crippen LogP) is 2.09. The molecule has 0 aliphatic heterocycles. The van der Waals surface area contributed by atoms with Crippen LogP contribution in [0, 0.1) is 0 Å². The van der Waals surface area contributed by atoms with E-state index < -0.39 is 5.97 Å². The van der Waals surface area contributed by atoms with Gasteiger partial charge in [0.1, 0.15) is 0 Å². The highest BCUT2D eigenvalue weighted by Gasteiger charge is 2.26. The van der Waals surface area contributed by atoms with E-state index >= 15 is 0 Å². The summed E-state index contributed by atoms with van der Waals surface area (Å²) in [7, 11) is 0. The molecule has 0 saturated heterocycles. The Hall–Kier alpha value is -0.870. The van der Waals surface area contributed by atoms with Crippen molar-refractivity contribution in [2.24, 2.45) is 5.73 Å². The quantitative estimate of drug-likeness (QED) is 0.808. The normalized spacial score (nSPS) is 19.4. The van der Waals surface area contributed by atoms with Gasteiger partial charge in [-0.3, -0.25) is 0 Å². The number of fused-ring (bicyclic) bond motifs is 1. The number of carboxylic acids is 1. The fourth-order valence-electron chi connectivity index (χ4n) is 1.95. The van der Waals surface area contributed by atoms with Crippen LogP contribution in [-0.2, 0) is 6.42 Å². The number of aromatic carboxylic acids is 1. The third-order valence-electron chi connectivity index (χ3n) is 2.59. The molecule has 0 heterocycles. The number of hydrogen-bond acceptors (Lipinski definition) is 2. The minimum atomic E-state index is -0.911. The van der Waals surface area contributed by atoms with Crippen molar-refractivity contribution in [1.29, 1.82) is 0 Å². The van der Waals surface area contributed by atoms with E-state index in [-0.39, 0.29) is 6.04 Å². The molecule has 3 nitrogen and oxygen atoms in total. The molecule has 0 saturated carbocycles. The lowest BCUT2D eigenvalue weighted by Crippen LogP contribution is -2.12. The lowest BCUT2D eigenvalue weighted by Gasteiger charge is -2.10. The summed E-state index contributed by atoms with van der Waals surface area (Å²) in [6, 6.07) is 3.59. The molecule has 0 bridgehead atoms. The van der Waals surface area contributed by atoms with Gasteiger partial charge in [0.2, 0.25) is 0 Å². The van der Waals surface area contributed by atoms with Gasteiger partial charge in [-0.1, -0.05) is 6.07 Å². The summed E-state index contributed by atoms with van der Waals surface area (Å²) in [6.45, 7) is 0. The number of hydrogen-bond donors (Lipinski definition) is 2. The molecule has 74 valence electrons. The zero-order chi connectivity index (χ0) is 10.3. The summed E-state index contributed by atoms with van der Waals surface area (Å²) >= 11 is 3.24. The molecular formula is C10H10BrNO2. The van der Waals surface area contributed by atoms with Gasteiger partial charge in [-0.15, -0.1) is 0 Å². The number of nitrogens with two attached hydrogens (primary N) is 1. The molecule has 1 atom stereocenters. The highest BCUT2D eigenvalue weighted by molar-refractivity contribution is 9.10. The monoisotopic (exact) mass is 255 g/mol. The zero-order valence-electron chi connectivity index (χ0n) is 7.46. The minimum Gasteiger partial charge on any atom is -0.478 e. The Morgan fingerprint density at radius 1 is 1.57 bits per heavy atom. The Bertz CT molecular complexity index is 403. The molecule has 0 spiro atoms. The number of rotatable bonds is 1. The van der Waals surface area contributed by atoms with Crippen LogP contribution >= 0.6 is 15.9 Å². The largest absolute Gasteiger partial charge is 0.478 e. The van der Waals surface area contributed by atoms with Crippen molar-refractivity contribution in [3.63, 3.8) is 0 Å². The van der Waals surface area contributed by atoms with E-state index in [1.165, 1.54) is 0 Å². The second-order valence-electron chi connectivity index (χ2n) is 3.45. The van der Waals surface area contributed by atoms with Gasteiger partial charge < -0.3 is 10.8 Å². The molecule has 0 amide bonds. The van der Waals surface area contributed by atoms with E-state index in [0.29, 0.717) is 10.0 Å². The molecule has 0 unspecified atom stereocenters. The fraction of sp³-hybridized carbons (Fsp3) is 0.300. The van der Waals surface area contributed by atoms with Gasteiger partial charge in [0.25, 0.3) is 0 Å². The molecule has 0 fully saturated rings. The average molecular weight is 256 g/mol. The first-order valence-corrected chi connectivity index (χ1v) is 5.20. The standard InChI is InChI=1S/C10H10BrNO2/c11-6-3-1-5-2-4-7(12)8(5)9(6)10(13)14/h1,3,7H,2,4,12H2,(H,13,14)/t7-/m0/s1. The van der Waals surface area contributed by atoms with Gasteiger partial charge in [0.15, 0.2) is 0 Å². The van der Waals surface area contributed by atoms with Crippen LogP contribution in [0.5, 0.6) is 0 Å². The SMILES string of the molecule is N[C@H]1CCc2ccc(Br)c(C(=O)O)c21. The van der Waals surface area contributed by atoms with Gasteiger partial charge in [-0.05, 0) is 46.0 Å². The minimum absolute atomic E-state index is 0.131. The first-order valence-electron chi connectivity index (χ1n) is 4.41. The first kappa shape index (κ1) is 9.68. The van der Waals surface area contributed by atoms with Crippen LogP contribution in [0.25, 0.3) is 0 Å². The topological polar surface area (TPSA) is 63.3 Å².